The van der Waals surface area contributed by atoms with Crippen molar-refractivity contribution in [1.29, 1.82) is 0 Å². The van der Waals surface area contributed by atoms with Crippen LogP contribution in [-0.2, 0) is 12.8 Å². The van der Waals surface area contributed by atoms with Gasteiger partial charge in [0.1, 0.15) is 6.61 Å². The molecule has 0 radical (unpaired) electrons. The van der Waals surface area contributed by atoms with Crippen molar-refractivity contribution in [1.82, 2.24) is 10.2 Å². The van der Waals surface area contributed by atoms with E-state index in [1.54, 1.807) is 0 Å². The molecule has 2 N–H and O–H groups in total. The maximum absolute atomic E-state index is 14.2. The fraction of sp³-hybridized carbons (Fsp3) is 0.438. The summed E-state index contributed by atoms with van der Waals surface area (Å²) >= 11 is 0. The second kappa shape index (κ2) is 4.23. The molecule has 0 bridgehead atoms. The lowest BCUT2D eigenvalue weighted by Crippen LogP contribution is -2.19. The lowest BCUT2D eigenvalue weighted by atomic mass is 9.90. The molecule has 0 unspecified atom stereocenters. The number of ether oxygens (including phenoxy) is 1. The third kappa shape index (κ3) is 1.99. The Kier molecular flexibility index (Phi) is 2.55. The van der Waals surface area contributed by atoms with Crippen molar-refractivity contribution in [2.75, 3.05) is 18.5 Å². The van der Waals surface area contributed by atoms with Gasteiger partial charge in [-0.2, -0.15) is 5.10 Å². The molecule has 0 atom stereocenters. The van der Waals surface area contributed by atoms with Gasteiger partial charge in [-0.3, -0.25) is 5.10 Å². The van der Waals surface area contributed by atoms with Crippen LogP contribution in [0.1, 0.15) is 25.1 Å². The minimum Gasteiger partial charge on any atom is -0.486 e. The highest BCUT2D eigenvalue weighted by molar-refractivity contribution is 5.73. The van der Waals surface area contributed by atoms with Crippen molar-refractivity contribution in [3.05, 3.63) is 29.2 Å². The van der Waals surface area contributed by atoms with Crippen LogP contribution in [-0.4, -0.2) is 23.3 Å². The molecule has 1 aromatic carbocycles. The van der Waals surface area contributed by atoms with Gasteiger partial charge in [0, 0.05) is 23.4 Å². The van der Waals surface area contributed by atoms with Gasteiger partial charge in [-0.05, 0) is 30.4 Å². The predicted octanol–water partition coefficient (Wildman–Crippen LogP) is 3.14. The Hall–Kier alpha value is -2.04. The van der Waals surface area contributed by atoms with Gasteiger partial charge >= 0.3 is 0 Å². The molecular formula is C16H18FN3O. The molecule has 0 saturated carbocycles. The van der Waals surface area contributed by atoms with E-state index in [4.69, 9.17) is 4.74 Å². The zero-order valence-electron chi connectivity index (χ0n) is 12.2. The zero-order chi connectivity index (χ0) is 14.6. The number of aromatic nitrogens is 2. The summed E-state index contributed by atoms with van der Waals surface area (Å²) in [6.45, 7) is 5.68. The highest BCUT2D eigenvalue weighted by Gasteiger charge is 2.33. The average Bonchev–Trinajstić information content (AvgIpc) is 2.93. The summed E-state index contributed by atoms with van der Waals surface area (Å²) in [5.41, 5.74) is 5.02. The Morgan fingerprint density at radius 2 is 2.14 bits per heavy atom. The minimum atomic E-state index is -0.330. The van der Waals surface area contributed by atoms with Crippen LogP contribution in [0.25, 0.3) is 11.3 Å². The molecule has 2 heterocycles. The number of rotatable bonds is 1. The number of nitrogens with one attached hydrogen (secondary N) is 2. The molecule has 0 fully saturated rings. The summed E-state index contributed by atoms with van der Waals surface area (Å²) in [5.74, 6) is -0.0128. The number of aromatic amines is 1. The highest BCUT2D eigenvalue weighted by atomic mass is 19.1. The van der Waals surface area contributed by atoms with Gasteiger partial charge in [0.25, 0.3) is 0 Å². The minimum absolute atomic E-state index is 0.243. The monoisotopic (exact) mass is 287 g/mol. The Morgan fingerprint density at radius 1 is 1.29 bits per heavy atom. The van der Waals surface area contributed by atoms with E-state index in [-0.39, 0.29) is 11.2 Å². The van der Waals surface area contributed by atoms with Gasteiger partial charge in [-0.15, -0.1) is 0 Å². The number of benzene rings is 1. The third-order valence-corrected chi connectivity index (χ3v) is 4.24. The van der Waals surface area contributed by atoms with Crippen LogP contribution in [0.5, 0.6) is 5.75 Å². The molecule has 4 rings (SSSR count). The van der Waals surface area contributed by atoms with Gasteiger partial charge in [0.15, 0.2) is 11.6 Å². The molecule has 0 saturated heterocycles. The number of halogens is 1. The molecule has 5 heteroatoms. The Bertz CT molecular complexity index is 721. The van der Waals surface area contributed by atoms with Crippen molar-refractivity contribution in [2.45, 2.75) is 26.7 Å². The zero-order valence-corrected chi connectivity index (χ0v) is 12.2. The van der Waals surface area contributed by atoms with E-state index < -0.39 is 0 Å². The van der Waals surface area contributed by atoms with E-state index >= 15 is 0 Å². The molecular weight excluding hydrogens is 269 g/mol. The van der Waals surface area contributed by atoms with Crippen LogP contribution >= 0.6 is 0 Å². The van der Waals surface area contributed by atoms with Crippen molar-refractivity contribution < 1.29 is 9.13 Å². The van der Waals surface area contributed by atoms with Crippen LogP contribution in [0.15, 0.2) is 12.1 Å². The molecule has 110 valence electrons. The van der Waals surface area contributed by atoms with Gasteiger partial charge in [0.05, 0.1) is 11.4 Å². The summed E-state index contributed by atoms with van der Waals surface area (Å²) in [7, 11) is 0. The van der Waals surface area contributed by atoms with Gasteiger partial charge in [-0.25, -0.2) is 4.39 Å². The molecule has 2 aliphatic rings. The van der Waals surface area contributed by atoms with E-state index in [0.717, 1.165) is 24.1 Å². The van der Waals surface area contributed by atoms with Crippen molar-refractivity contribution in [3.8, 4) is 17.0 Å². The fourth-order valence-electron chi connectivity index (χ4n) is 3.34. The number of nitrogens with zero attached hydrogens (tertiary/aromatic N) is 1. The Balaban J connectivity index is 1.81. The maximum atomic E-state index is 14.2. The summed E-state index contributed by atoms with van der Waals surface area (Å²) in [6.07, 6.45) is 1.96. The summed E-state index contributed by atoms with van der Waals surface area (Å²) in [6, 6.07) is 3.45. The quantitative estimate of drug-likeness (QED) is 0.847. The SMILES string of the molecule is CC1(C)Cc2[nH]nc(-c3cc(F)c4c(c3)NCCO4)c2C1. The maximum Gasteiger partial charge on any atom is 0.178 e. The molecule has 1 aliphatic heterocycles. The van der Waals surface area contributed by atoms with Crippen LogP contribution in [0, 0.1) is 11.2 Å². The summed E-state index contributed by atoms with van der Waals surface area (Å²) < 4.78 is 19.6. The van der Waals surface area contributed by atoms with Gasteiger partial charge < -0.3 is 10.1 Å². The van der Waals surface area contributed by atoms with E-state index in [9.17, 15) is 4.39 Å². The van der Waals surface area contributed by atoms with E-state index in [1.807, 2.05) is 6.07 Å². The largest absolute Gasteiger partial charge is 0.486 e. The van der Waals surface area contributed by atoms with Crippen LogP contribution < -0.4 is 10.1 Å². The smallest absolute Gasteiger partial charge is 0.178 e. The van der Waals surface area contributed by atoms with Crippen LogP contribution in [0.3, 0.4) is 0 Å². The lowest BCUT2D eigenvalue weighted by Gasteiger charge is -2.20. The number of hydrogen-bond acceptors (Lipinski definition) is 3. The molecule has 21 heavy (non-hydrogen) atoms. The number of H-pyrrole nitrogens is 1. The van der Waals surface area contributed by atoms with Gasteiger partial charge in [0.2, 0.25) is 0 Å². The molecule has 1 aromatic heterocycles. The first-order chi connectivity index (χ1) is 10.0. The summed E-state index contributed by atoms with van der Waals surface area (Å²) in [5, 5.41) is 10.7. The second-order valence-corrected chi connectivity index (χ2v) is 6.66. The van der Waals surface area contributed by atoms with Gasteiger partial charge in [-0.1, -0.05) is 13.8 Å². The lowest BCUT2D eigenvalue weighted by molar-refractivity contribution is 0.306. The first-order valence-electron chi connectivity index (χ1n) is 7.30. The summed E-state index contributed by atoms with van der Waals surface area (Å²) in [4.78, 5) is 0. The van der Waals surface area contributed by atoms with Crippen molar-refractivity contribution in [2.24, 2.45) is 5.41 Å². The van der Waals surface area contributed by atoms with Crippen LogP contribution in [0.4, 0.5) is 10.1 Å². The van der Waals surface area contributed by atoms with Crippen molar-refractivity contribution >= 4 is 5.69 Å². The Labute approximate surface area is 122 Å². The molecule has 0 spiro atoms. The molecule has 2 aromatic rings. The first kappa shape index (κ1) is 12.7. The fourth-order valence-corrected chi connectivity index (χ4v) is 3.34. The van der Waals surface area contributed by atoms with E-state index in [0.29, 0.717) is 24.6 Å². The number of anilines is 1. The predicted molar refractivity (Wildman–Crippen MR) is 79.2 cm³/mol. The molecule has 0 amide bonds. The Morgan fingerprint density at radius 3 is 3.00 bits per heavy atom. The van der Waals surface area contributed by atoms with Crippen molar-refractivity contribution in [3.63, 3.8) is 0 Å². The first-order valence-corrected chi connectivity index (χ1v) is 7.30. The number of fused-ring (bicyclic) bond motifs is 2. The number of hydrogen-bond donors (Lipinski definition) is 2. The topological polar surface area (TPSA) is 49.9 Å². The normalized spacial score (nSPS) is 18.6. The standard InChI is InChI=1S/C16H18FN3O/c1-16(2)7-10-13(8-16)19-20-14(10)9-5-11(17)15-12(6-9)18-3-4-21-15/h5-6,18H,3-4,7-8H2,1-2H3,(H,19,20). The third-order valence-electron chi connectivity index (χ3n) is 4.24. The molecule has 4 nitrogen and oxygen atoms in total. The van der Waals surface area contributed by atoms with E-state index in [2.05, 4.69) is 29.4 Å². The highest BCUT2D eigenvalue weighted by Crippen LogP contribution is 2.42. The van der Waals surface area contributed by atoms with Crippen LogP contribution in [0.2, 0.25) is 0 Å². The van der Waals surface area contributed by atoms with E-state index in [1.165, 1.54) is 17.3 Å². The second-order valence-electron chi connectivity index (χ2n) is 6.66. The average molecular weight is 287 g/mol. The molecule has 1 aliphatic carbocycles.